The zero-order chi connectivity index (χ0) is 15.6. The Bertz CT molecular complexity index is 579. The van der Waals surface area contributed by atoms with Crippen LogP contribution in [-0.2, 0) is 4.74 Å². The number of hydrogen-bond donors (Lipinski definition) is 1. The summed E-state index contributed by atoms with van der Waals surface area (Å²) in [6, 6.07) is 2.58. The van der Waals surface area contributed by atoms with Crippen molar-refractivity contribution in [2.45, 2.75) is 26.4 Å². The minimum Gasteiger partial charge on any atom is -0.486 e. The molecular formula is C13H16N2O6. The van der Waals surface area contributed by atoms with Crippen molar-refractivity contribution in [1.29, 1.82) is 0 Å². The van der Waals surface area contributed by atoms with Crippen molar-refractivity contribution in [2.24, 2.45) is 0 Å². The van der Waals surface area contributed by atoms with Crippen molar-refractivity contribution in [3.8, 4) is 11.5 Å². The molecule has 0 aliphatic carbocycles. The Balaban J connectivity index is 2.29. The average Bonchev–Trinajstić information content (AvgIpc) is 2.35. The molecule has 1 N–H and O–H groups in total. The number of rotatable bonds is 2. The van der Waals surface area contributed by atoms with Gasteiger partial charge >= 0.3 is 6.09 Å². The molecule has 0 fully saturated rings. The summed E-state index contributed by atoms with van der Waals surface area (Å²) in [5, 5.41) is 13.5. The third kappa shape index (κ3) is 3.74. The summed E-state index contributed by atoms with van der Waals surface area (Å²) in [5.74, 6) is 0.626. The summed E-state index contributed by atoms with van der Waals surface area (Å²) in [6.45, 7) is 5.76. The van der Waals surface area contributed by atoms with Crippen molar-refractivity contribution in [2.75, 3.05) is 18.5 Å². The third-order valence-electron chi connectivity index (χ3n) is 2.49. The van der Waals surface area contributed by atoms with E-state index in [2.05, 4.69) is 5.32 Å². The van der Waals surface area contributed by atoms with Gasteiger partial charge in [-0.25, -0.2) is 4.79 Å². The van der Waals surface area contributed by atoms with E-state index in [1.54, 1.807) is 20.8 Å². The van der Waals surface area contributed by atoms with Crippen LogP contribution in [0.1, 0.15) is 20.8 Å². The lowest BCUT2D eigenvalue weighted by molar-refractivity contribution is -0.384. The molecule has 1 heterocycles. The number of carbonyl (C=O) groups is 1. The summed E-state index contributed by atoms with van der Waals surface area (Å²) in [6.07, 6.45) is -0.776. The van der Waals surface area contributed by atoms with Gasteiger partial charge in [0, 0.05) is 6.07 Å². The zero-order valence-corrected chi connectivity index (χ0v) is 12.0. The highest BCUT2D eigenvalue weighted by molar-refractivity contribution is 5.89. The fourth-order valence-corrected chi connectivity index (χ4v) is 1.74. The first-order valence-corrected chi connectivity index (χ1v) is 6.34. The molecule has 8 heteroatoms. The molecule has 0 aromatic heterocycles. The van der Waals surface area contributed by atoms with Gasteiger partial charge in [0.2, 0.25) is 0 Å². The average molecular weight is 296 g/mol. The highest BCUT2D eigenvalue weighted by atomic mass is 16.6. The molecule has 0 saturated carbocycles. The zero-order valence-electron chi connectivity index (χ0n) is 12.0. The smallest absolute Gasteiger partial charge is 0.412 e. The number of hydrogen-bond acceptors (Lipinski definition) is 6. The summed E-state index contributed by atoms with van der Waals surface area (Å²) in [4.78, 5) is 22.2. The van der Waals surface area contributed by atoms with E-state index < -0.39 is 16.6 Å². The number of ether oxygens (including phenoxy) is 3. The molecule has 0 spiro atoms. The Morgan fingerprint density at radius 1 is 1.29 bits per heavy atom. The maximum Gasteiger partial charge on any atom is 0.412 e. The summed E-state index contributed by atoms with van der Waals surface area (Å²) >= 11 is 0. The predicted octanol–water partition coefficient (Wildman–Crippen LogP) is 2.71. The van der Waals surface area contributed by atoms with E-state index in [0.717, 1.165) is 0 Å². The van der Waals surface area contributed by atoms with Gasteiger partial charge in [0.25, 0.3) is 5.69 Å². The number of benzene rings is 1. The molecule has 1 aromatic rings. The first-order chi connectivity index (χ1) is 9.76. The number of fused-ring (bicyclic) bond motifs is 1. The second-order valence-corrected chi connectivity index (χ2v) is 5.40. The predicted molar refractivity (Wildman–Crippen MR) is 73.9 cm³/mol. The third-order valence-corrected chi connectivity index (χ3v) is 2.49. The van der Waals surface area contributed by atoms with Crippen molar-refractivity contribution in [3.63, 3.8) is 0 Å². The van der Waals surface area contributed by atoms with Gasteiger partial charge in [-0.3, -0.25) is 15.4 Å². The number of anilines is 1. The second-order valence-electron chi connectivity index (χ2n) is 5.40. The van der Waals surface area contributed by atoms with Crippen molar-refractivity contribution in [3.05, 3.63) is 22.2 Å². The molecule has 1 aliphatic heterocycles. The Morgan fingerprint density at radius 3 is 2.38 bits per heavy atom. The lowest BCUT2D eigenvalue weighted by Crippen LogP contribution is -2.27. The standard InChI is InChI=1S/C13H16N2O6/c1-13(2,3)21-12(16)14-8-6-10-11(20-5-4-19-10)7-9(8)15(17)18/h6-7H,4-5H2,1-3H3,(H,14,16). The van der Waals surface area contributed by atoms with Gasteiger partial charge in [-0.05, 0) is 20.8 Å². The molecular weight excluding hydrogens is 280 g/mol. The molecule has 114 valence electrons. The second kappa shape index (κ2) is 5.47. The number of amides is 1. The van der Waals surface area contributed by atoms with Crippen LogP contribution in [0, 0.1) is 10.1 Å². The van der Waals surface area contributed by atoms with Gasteiger partial charge < -0.3 is 14.2 Å². The van der Waals surface area contributed by atoms with Gasteiger partial charge in [0.15, 0.2) is 11.5 Å². The molecule has 0 bridgehead atoms. The molecule has 0 unspecified atom stereocenters. The molecule has 0 atom stereocenters. The lowest BCUT2D eigenvalue weighted by atomic mass is 10.2. The highest BCUT2D eigenvalue weighted by Gasteiger charge is 2.25. The Hall–Kier alpha value is -2.51. The summed E-state index contributed by atoms with van der Waals surface area (Å²) < 4.78 is 15.7. The van der Waals surface area contributed by atoms with Gasteiger partial charge in [0.1, 0.15) is 24.5 Å². The molecule has 0 radical (unpaired) electrons. The number of nitrogens with zero attached hydrogens (tertiary/aromatic N) is 1. The van der Waals surface area contributed by atoms with Gasteiger partial charge in [0.05, 0.1) is 11.0 Å². The number of nitrogens with one attached hydrogen (secondary N) is 1. The minimum absolute atomic E-state index is 0.00139. The van der Waals surface area contributed by atoms with Crippen LogP contribution in [0.15, 0.2) is 12.1 Å². The summed E-state index contributed by atoms with van der Waals surface area (Å²) in [7, 11) is 0. The topological polar surface area (TPSA) is 99.9 Å². The van der Waals surface area contributed by atoms with E-state index in [9.17, 15) is 14.9 Å². The monoisotopic (exact) mass is 296 g/mol. The first kappa shape index (κ1) is 14.9. The molecule has 8 nitrogen and oxygen atoms in total. The Kier molecular flexibility index (Phi) is 3.88. The van der Waals surface area contributed by atoms with Gasteiger partial charge in [-0.2, -0.15) is 0 Å². The number of nitro benzene ring substituents is 1. The normalized spacial score (nSPS) is 13.5. The van der Waals surface area contributed by atoms with Crippen LogP contribution in [0.5, 0.6) is 11.5 Å². The van der Waals surface area contributed by atoms with E-state index in [4.69, 9.17) is 14.2 Å². The maximum absolute atomic E-state index is 11.7. The first-order valence-electron chi connectivity index (χ1n) is 6.34. The van der Waals surface area contributed by atoms with Crippen molar-refractivity contribution < 1.29 is 23.9 Å². The van der Waals surface area contributed by atoms with Gasteiger partial charge in [-0.15, -0.1) is 0 Å². The van der Waals surface area contributed by atoms with Crippen LogP contribution < -0.4 is 14.8 Å². The van der Waals surface area contributed by atoms with E-state index >= 15 is 0 Å². The van der Waals surface area contributed by atoms with Crippen molar-refractivity contribution in [1.82, 2.24) is 0 Å². The Morgan fingerprint density at radius 2 is 1.86 bits per heavy atom. The highest BCUT2D eigenvalue weighted by Crippen LogP contribution is 2.39. The largest absolute Gasteiger partial charge is 0.486 e. The molecule has 1 amide bonds. The fourth-order valence-electron chi connectivity index (χ4n) is 1.74. The van der Waals surface area contributed by atoms with E-state index in [0.29, 0.717) is 19.0 Å². The van der Waals surface area contributed by atoms with Crippen LogP contribution in [0.25, 0.3) is 0 Å². The van der Waals surface area contributed by atoms with Gasteiger partial charge in [-0.1, -0.05) is 0 Å². The summed E-state index contributed by atoms with van der Waals surface area (Å²) in [5.41, 5.74) is -0.990. The minimum atomic E-state index is -0.776. The van der Waals surface area contributed by atoms with Crippen LogP contribution >= 0.6 is 0 Å². The van der Waals surface area contributed by atoms with Crippen LogP contribution in [0.4, 0.5) is 16.2 Å². The molecule has 0 saturated heterocycles. The molecule has 21 heavy (non-hydrogen) atoms. The van der Waals surface area contributed by atoms with E-state index in [-0.39, 0.29) is 17.1 Å². The molecule has 2 rings (SSSR count). The maximum atomic E-state index is 11.7. The number of carbonyl (C=O) groups excluding carboxylic acids is 1. The van der Waals surface area contributed by atoms with E-state index in [1.807, 2.05) is 0 Å². The van der Waals surface area contributed by atoms with Crippen LogP contribution in [0.2, 0.25) is 0 Å². The van der Waals surface area contributed by atoms with E-state index in [1.165, 1.54) is 12.1 Å². The molecule has 1 aliphatic rings. The van der Waals surface area contributed by atoms with Crippen LogP contribution in [-0.4, -0.2) is 29.8 Å². The Labute approximate surface area is 121 Å². The SMILES string of the molecule is CC(C)(C)OC(=O)Nc1cc2c(cc1[N+](=O)[O-])OCCO2. The fraction of sp³-hybridized carbons (Fsp3) is 0.462. The van der Waals surface area contributed by atoms with Crippen molar-refractivity contribution >= 4 is 17.5 Å². The lowest BCUT2D eigenvalue weighted by Gasteiger charge is -2.21. The quantitative estimate of drug-likeness (QED) is 0.665. The number of nitro groups is 1. The van der Waals surface area contributed by atoms with Crippen LogP contribution in [0.3, 0.4) is 0 Å². The molecule has 1 aromatic carbocycles.